The molecule has 3 N–H and O–H groups in total. The number of hydrogen-bond donors (Lipinski definition) is 3. The fourth-order valence-electron chi connectivity index (χ4n) is 2.30. The first-order valence-corrected chi connectivity index (χ1v) is 6.43. The van der Waals surface area contributed by atoms with Crippen molar-refractivity contribution in [3.8, 4) is 0 Å². The molecule has 0 aromatic heterocycles. The van der Waals surface area contributed by atoms with Crippen LogP contribution in [0.3, 0.4) is 0 Å². The van der Waals surface area contributed by atoms with Crippen LogP contribution in [0.25, 0.3) is 0 Å². The molecule has 5 heteroatoms. The normalized spacial score (nSPS) is 18.3. The second-order valence-electron chi connectivity index (χ2n) is 4.88. The first-order valence-electron chi connectivity index (χ1n) is 6.43. The zero-order chi connectivity index (χ0) is 13.8. The van der Waals surface area contributed by atoms with Crippen LogP contribution in [-0.2, 0) is 4.79 Å². The molecule has 0 radical (unpaired) electrons. The standard InChI is InChI=1S/C14H18N2O3/c1-9-4-5-11(7-12(9)14(18)19)16-13(17)8-10-3-2-6-15-10/h4-5,7,10,15H,2-3,6,8H2,1H3,(H,16,17)(H,18,19). The molecular weight excluding hydrogens is 244 g/mol. The Kier molecular flexibility index (Phi) is 4.16. The van der Waals surface area contributed by atoms with Crippen molar-refractivity contribution in [3.05, 3.63) is 29.3 Å². The minimum absolute atomic E-state index is 0.0837. The van der Waals surface area contributed by atoms with Gasteiger partial charge in [-0.1, -0.05) is 6.07 Å². The van der Waals surface area contributed by atoms with E-state index in [1.807, 2.05) is 0 Å². The van der Waals surface area contributed by atoms with E-state index in [2.05, 4.69) is 10.6 Å². The number of benzene rings is 1. The first kappa shape index (κ1) is 13.5. The number of amides is 1. The van der Waals surface area contributed by atoms with Crippen LogP contribution in [0.2, 0.25) is 0 Å². The lowest BCUT2D eigenvalue weighted by molar-refractivity contribution is -0.116. The van der Waals surface area contributed by atoms with Crippen molar-refractivity contribution in [1.82, 2.24) is 5.32 Å². The maximum Gasteiger partial charge on any atom is 0.336 e. The van der Waals surface area contributed by atoms with Gasteiger partial charge in [0.25, 0.3) is 0 Å². The highest BCUT2D eigenvalue weighted by molar-refractivity contribution is 5.94. The average Bonchev–Trinajstić information content (AvgIpc) is 2.84. The molecule has 1 amide bonds. The highest BCUT2D eigenvalue weighted by Crippen LogP contribution is 2.16. The number of nitrogens with one attached hydrogen (secondary N) is 2. The van der Waals surface area contributed by atoms with Gasteiger partial charge >= 0.3 is 5.97 Å². The van der Waals surface area contributed by atoms with Gasteiger partial charge in [0, 0.05) is 18.2 Å². The molecule has 2 rings (SSSR count). The van der Waals surface area contributed by atoms with Crippen molar-refractivity contribution in [2.24, 2.45) is 0 Å². The summed E-state index contributed by atoms with van der Waals surface area (Å²) >= 11 is 0. The van der Waals surface area contributed by atoms with Crippen molar-refractivity contribution in [2.75, 3.05) is 11.9 Å². The van der Waals surface area contributed by atoms with E-state index >= 15 is 0 Å². The molecule has 1 atom stereocenters. The fourth-order valence-corrected chi connectivity index (χ4v) is 2.30. The van der Waals surface area contributed by atoms with Crippen molar-refractivity contribution in [1.29, 1.82) is 0 Å². The molecule has 1 heterocycles. The Balaban J connectivity index is 2.00. The molecular formula is C14H18N2O3. The van der Waals surface area contributed by atoms with Crippen LogP contribution in [0.5, 0.6) is 0 Å². The molecule has 1 unspecified atom stereocenters. The molecule has 1 fully saturated rings. The highest BCUT2D eigenvalue weighted by atomic mass is 16.4. The number of aromatic carboxylic acids is 1. The van der Waals surface area contributed by atoms with E-state index in [1.165, 1.54) is 6.07 Å². The Bertz CT molecular complexity index is 493. The Labute approximate surface area is 112 Å². The van der Waals surface area contributed by atoms with Gasteiger partial charge in [0.15, 0.2) is 0 Å². The van der Waals surface area contributed by atoms with Crippen molar-refractivity contribution < 1.29 is 14.7 Å². The molecule has 1 aromatic rings. The monoisotopic (exact) mass is 262 g/mol. The van der Waals surface area contributed by atoms with Crippen LogP contribution in [0, 0.1) is 6.92 Å². The van der Waals surface area contributed by atoms with Gasteiger partial charge < -0.3 is 15.7 Å². The van der Waals surface area contributed by atoms with E-state index in [9.17, 15) is 9.59 Å². The second-order valence-corrected chi connectivity index (χ2v) is 4.88. The summed E-state index contributed by atoms with van der Waals surface area (Å²) in [5, 5.41) is 15.0. The number of carboxylic acids is 1. The van der Waals surface area contributed by atoms with Crippen molar-refractivity contribution in [3.63, 3.8) is 0 Å². The third-order valence-electron chi connectivity index (χ3n) is 3.35. The number of aryl methyl sites for hydroxylation is 1. The summed E-state index contributed by atoms with van der Waals surface area (Å²) in [5.74, 6) is -1.06. The number of carboxylic acid groups (broad SMARTS) is 1. The maximum absolute atomic E-state index is 11.8. The molecule has 1 aliphatic rings. The van der Waals surface area contributed by atoms with Crippen LogP contribution in [-0.4, -0.2) is 29.6 Å². The molecule has 1 saturated heterocycles. The number of hydrogen-bond acceptors (Lipinski definition) is 3. The third kappa shape index (κ3) is 3.54. The molecule has 5 nitrogen and oxygen atoms in total. The molecule has 0 saturated carbocycles. The summed E-state index contributed by atoms with van der Waals surface area (Å²) < 4.78 is 0. The van der Waals surface area contributed by atoms with Gasteiger partial charge in [0.2, 0.25) is 5.91 Å². The second kappa shape index (κ2) is 5.84. The van der Waals surface area contributed by atoms with Crippen LogP contribution in [0.1, 0.15) is 35.2 Å². The lowest BCUT2D eigenvalue weighted by Crippen LogP contribution is -2.27. The van der Waals surface area contributed by atoms with Gasteiger partial charge in [0.05, 0.1) is 5.56 Å². The number of carbonyl (C=O) groups excluding carboxylic acids is 1. The maximum atomic E-state index is 11.8. The van der Waals surface area contributed by atoms with Crippen LogP contribution < -0.4 is 10.6 Å². The van der Waals surface area contributed by atoms with Crippen LogP contribution >= 0.6 is 0 Å². The highest BCUT2D eigenvalue weighted by Gasteiger charge is 2.18. The number of carbonyl (C=O) groups is 2. The van der Waals surface area contributed by atoms with E-state index in [0.29, 0.717) is 17.7 Å². The Morgan fingerprint density at radius 2 is 2.26 bits per heavy atom. The first-order chi connectivity index (χ1) is 9.06. The molecule has 0 aliphatic carbocycles. The Morgan fingerprint density at radius 1 is 1.47 bits per heavy atom. The largest absolute Gasteiger partial charge is 0.478 e. The minimum Gasteiger partial charge on any atom is -0.478 e. The molecule has 1 aromatic carbocycles. The quantitative estimate of drug-likeness (QED) is 0.772. The van der Waals surface area contributed by atoms with E-state index in [0.717, 1.165) is 19.4 Å². The summed E-state index contributed by atoms with van der Waals surface area (Å²) in [6.45, 7) is 2.70. The summed E-state index contributed by atoms with van der Waals surface area (Å²) in [6.07, 6.45) is 2.55. The molecule has 102 valence electrons. The zero-order valence-electron chi connectivity index (χ0n) is 10.9. The van der Waals surface area contributed by atoms with E-state index in [-0.39, 0.29) is 17.5 Å². The summed E-state index contributed by atoms with van der Waals surface area (Å²) in [6, 6.07) is 5.16. The molecule has 1 aliphatic heterocycles. The molecule has 0 spiro atoms. The van der Waals surface area contributed by atoms with Crippen LogP contribution in [0.4, 0.5) is 5.69 Å². The van der Waals surface area contributed by atoms with E-state index < -0.39 is 5.97 Å². The predicted molar refractivity (Wildman–Crippen MR) is 72.4 cm³/mol. The number of rotatable bonds is 4. The van der Waals surface area contributed by atoms with Gasteiger partial charge in [-0.2, -0.15) is 0 Å². The van der Waals surface area contributed by atoms with Gasteiger partial charge in [-0.25, -0.2) is 4.79 Å². The summed E-state index contributed by atoms with van der Waals surface area (Å²) in [7, 11) is 0. The number of anilines is 1. The van der Waals surface area contributed by atoms with Gasteiger partial charge in [-0.05, 0) is 44.0 Å². The molecule has 0 bridgehead atoms. The van der Waals surface area contributed by atoms with Gasteiger partial charge in [0.1, 0.15) is 0 Å². The van der Waals surface area contributed by atoms with E-state index in [4.69, 9.17) is 5.11 Å². The topological polar surface area (TPSA) is 78.4 Å². The Hall–Kier alpha value is -1.88. The summed E-state index contributed by atoms with van der Waals surface area (Å²) in [5.41, 5.74) is 1.44. The fraction of sp³-hybridized carbons (Fsp3) is 0.429. The van der Waals surface area contributed by atoms with E-state index in [1.54, 1.807) is 19.1 Å². The van der Waals surface area contributed by atoms with Gasteiger partial charge in [-0.3, -0.25) is 4.79 Å². The summed E-state index contributed by atoms with van der Waals surface area (Å²) in [4.78, 5) is 22.9. The SMILES string of the molecule is Cc1ccc(NC(=O)CC2CCCN2)cc1C(=O)O. The van der Waals surface area contributed by atoms with Crippen molar-refractivity contribution in [2.45, 2.75) is 32.2 Å². The van der Waals surface area contributed by atoms with Crippen molar-refractivity contribution >= 4 is 17.6 Å². The van der Waals surface area contributed by atoms with Gasteiger partial charge in [-0.15, -0.1) is 0 Å². The third-order valence-corrected chi connectivity index (χ3v) is 3.35. The van der Waals surface area contributed by atoms with Crippen LogP contribution in [0.15, 0.2) is 18.2 Å². The molecule has 19 heavy (non-hydrogen) atoms. The predicted octanol–water partition coefficient (Wildman–Crippen LogP) is 1.77. The average molecular weight is 262 g/mol. The lowest BCUT2D eigenvalue weighted by Gasteiger charge is -2.11. The Morgan fingerprint density at radius 3 is 2.89 bits per heavy atom. The smallest absolute Gasteiger partial charge is 0.336 e. The minimum atomic E-state index is -0.981. The lowest BCUT2D eigenvalue weighted by atomic mass is 10.1. The zero-order valence-corrected chi connectivity index (χ0v) is 10.9.